The lowest BCUT2D eigenvalue weighted by Gasteiger charge is -2.26. The van der Waals surface area contributed by atoms with Crippen LogP contribution in [-0.2, 0) is 17.4 Å². The van der Waals surface area contributed by atoms with Crippen LogP contribution >= 0.6 is 0 Å². The number of nitrogens with one attached hydrogen (secondary N) is 1. The number of rotatable bonds is 7. The van der Waals surface area contributed by atoms with E-state index in [1.807, 2.05) is 0 Å². The smallest absolute Gasteiger partial charge is 0.0431 e. The molecule has 2 nitrogen and oxygen atoms in total. The van der Waals surface area contributed by atoms with E-state index in [-0.39, 0.29) is 10.8 Å². The van der Waals surface area contributed by atoms with Gasteiger partial charge in [0.25, 0.3) is 0 Å². The summed E-state index contributed by atoms with van der Waals surface area (Å²) in [5, 5.41) is 12.3. The molecule has 0 radical (unpaired) electrons. The van der Waals surface area contributed by atoms with E-state index in [2.05, 4.69) is 65.1 Å². The van der Waals surface area contributed by atoms with Gasteiger partial charge in [0.2, 0.25) is 0 Å². The molecule has 126 valence electrons. The molecule has 0 amide bonds. The van der Waals surface area contributed by atoms with Crippen LogP contribution < -0.4 is 5.32 Å². The third-order valence-electron chi connectivity index (χ3n) is 4.07. The minimum absolute atomic E-state index is 0.178. The molecule has 22 heavy (non-hydrogen) atoms. The summed E-state index contributed by atoms with van der Waals surface area (Å²) >= 11 is 0. The van der Waals surface area contributed by atoms with E-state index in [0.717, 1.165) is 32.4 Å². The van der Waals surface area contributed by atoms with Crippen molar-refractivity contribution in [2.75, 3.05) is 13.2 Å². The van der Waals surface area contributed by atoms with Crippen LogP contribution in [0.3, 0.4) is 0 Å². The second-order valence-corrected chi connectivity index (χ2v) is 8.38. The van der Waals surface area contributed by atoms with E-state index in [1.165, 1.54) is 16.7 Å². The van der Waals surface area contributed by atoms with Gasteiger partial charge in [0.1, 0.15) is 0 Å². The Morgan fingerprint density at radius 1 is 0.818 bits per heavy atom. The van der Waals surface area contributed by atoms with Crippen LogP contribution in [0.4, 0.5) is 0 Å². The lowest BCUT2D eigenvalue weighted by molar-refractivity contribution is 0.283. The SMILES string of the molecule is CC(C)(C)c1cc(CNCCCCCO)cc(C(C)(C)C)c1. The summed E-state index contributed by atoms with van der Waals surface area (Å²) in [6, 6.07) is 7.05. The Kier molecular flexibility index (Phi) is 7.08. The molecule has 0 spiro atoms. The van der Waals surface area contributed by atoms with Crippen LogP contribution in [-0.4, -0.2) is 18.3 Å². The third-order valence-corrected chi connectivity index (χ3v) is 4.07. The molecule has 1 aromatic carbocycles. The van der Waals surface area contributed by atoms with E-state index < -0.39 is 0 Å². The molecular formula is C20H35NO. The highest BCUT2D eigenvalue weighted by molar-refractivity contribution is 5.37. The maximum Gasteiger partial charge on any atom is 0.0431 e. The number of aliphatic hydroxyl groups is 1. The van der Waals surface area contributed by atoms with Crippen molar-refractivity contribution in [1.29, 1.82) is 0 Å². The van der Waals surface area contributed by atoms with Gasteiger partial charge in [-0.05, 0) is 53.3 Å². The van der Waals surface area contributed by atoms with Gasteiger partial charge in [-0.25, -0.2) is 0 Å². The maximum absolute atomic E-state index is 8.79. The summed E-state index contributed by atoms with van der Waals surface area (Å²) in [6.45, 7) is 15.9. The molecule has 0 heterocycles. The van der Waals surface area contributed by atoms with Crippen molar-refractivity contribution in [3.05, 3.63) is 34.9 Å². The predicted octanol–water partition coefficient (Wildman–Crippen LogP) is 4.53. The fraction of sp³-hybridized carbons (Fsp3) is 0.700. The third kappa shape index (κ3) is 6.50. The van der Waals surface area contributed by atoms with Crippen LogP contribution in [0.1, 0.15) is 77.5 Å². The summed E-state index contributed by atoms with van der Waals surface area (Å²) < 4.78 is 0. The number of hydrogen-bond donors (Lipinski definition) is 2. The zero-order valence-corrected chi connectivity index (χ0v) is 15.4. The summed E-state index contributed by atoms with van der Waals surface area (Å²) in [6.07, 6.45) is 3.14. The molecule has 0 aliphatic carbocycles. The number of hydrogen-bond acceptors (Lipinski definition) is 2. The summed E-state index contributed by atoms with van der Waals surface area (Å²) in [4.78, 5) is 0. The van der Waals surface area contributed by atoms with E-state index in [9.17, 15) is 0 Å². The molecule has 0 aromatic heterocycles. The highest BCUT2D eigenvalue weighted by Gasteiger charge is 2.20. The lowest BCUT2D eigenvalue weighted by atomic mass is 9.79. The molecule has 0 unspecified atom stereocenters. The zero-order valence-electron chi connectivity index (χ0n) is 15.4. The van der Waals surface area contributed by atoms with Crippen LogP contribution in [0.2, 0.25) is 0 Å². The summed E-state index contributed by atoms with van der Waals surface area (Å²) in [5.74, 6) is 0. The molecule has 0 atom stereocenters. The second-order valence-electron chi connectivity index (χ2n) is 8.38. The summed E-state index contributed by atoms with van der Waals surface area (Å²) in [7, 11) is 0. The van der Waals surface area contributed by atoms with Crippen LogP contribution in [0.25, 0.3) is 0 Å². The fourth-order valence-corrected chi connectivity index (χ4v) is 2.43. The van der Waals surface area contributed by atoms with Gasteiger partial charge in [-0.3, -0.25) is 0 Å². The molecule has 2 heteroatoms. The molecular weight excluding hydrogens is 270 g/mol. The average Bonchev–Trinajstić information content (AvgIpc) is 2.40. The van der Waals surface area contributed by atoms with Crippen LogP contribution in [0, 0.1) is 0 Å². The Hall–Kier alpha value is -0.860. The van der Waals surface area contributed by atoms with Gasteiger partial charge in [0, 0.05) is 13.2 Å². The molecule has 0 saturated heterocycles. The van der Waals surface area contributed by atoms with Crippen molar-refractivity contribution in [3.8, 4) is 0 Å². The van der Waals surface area contributed by atoms with Gasteiger partial charge in [0.05, 0.1) is 0 Å². The number of unbranched alkanes of at least 4 members (excludes halogenated alkanes) is 2. The Morgan fingerprint density at radius 3 is 1.82 bits per heavy atom. The van der Waals surface area contributed by atoms with Crippen molar-refractivity contribution >= 4 is 0 Å². The maximum atomic E-state index is 8.79. The Bertz CT molecular complexity index is 420. The molecule has 0 aliphatic heterocycles. The Labute approximate surface area is 137 Å². The Balaban J connectivity index is 2.77. The zero-order chi connectivity index (χ0) is 16.8. The highest BCUT2D eigenvalue weighted by Crippen LogP contribution is 2.30. The molecule has 0 bridgehead atoms. The molecule has 1 rings (SSSR count). The standard InChI is InChI=1S/C20H35NO/c1-19(2,3)17-12-16(13-18(14-17)20(4,5)6)15-21-10-8-7-9-11-22/h12-14,21-22H,7-11,15H2,1-6H3. The van der Waals surface area contributed by atoms with E-state index in [1.54, 1.807) is 0 Å². The van der Waals surface area contributed by atoms with Gasteiger partial charge < -0.3 is 10.4 Å². The van der Waals surface area contributed by atoms with Gasteiger partial charge in [0.15, 0.2) is 0 Å². The average molecular weight is 306 g/mol. The highest BCUT2D eigenvalue weighted by atomic mass is 16.2. The number of benzene rings is 1. The largest absolute Gasteiger partial charge is 0.396 e. The van der Waals surface area contributed by atoms with Crippen molar-refractivity contribution in [3.63, 3.8) is 0 Å². The summed E-state index contributed by atoms with van der Waals surface area (Å²) in [5.41, 5.74) is 4.56. The predicted molar refractivity (Wildman–Crippen MR) is 96.5 cm³/mol. The van der Waals surface area contributed by atoms with Crippen molar-refractivity contribution in [1.82, 2.24) is 5.32 Å². The first-order valence-corrected chi connectivity index (χ1v) is 8.61. The van der Waals surface area contributed by atoms with E-state index >= 15 is 0 Å². The first-order chi connectivity index (χ1) is 10.1. The van der Waals surface area contributed by atoms with E-state index in [0.29, 0.717) is 6.61 Å². The molecule has 1 aromatic rings. The van der Waals surface area contributed by atoms with Gasteiger partial charge in [-0.15, -0.1) is 0 Å². The number of aliphatic hydroxyl groups excluding tert-OH is 1. The normalized spacial score (nSPS) is 12.7. The first kappa shape index (κ1) is 19.2. The molecule has 0 aliphatic rings. The van der Waals surface area contributed by atoms with E-state index in [4.69, 9.17) is 5.11 Å². The van der Waals surface area contributed by atoms with Crippen LogP contribution in [0.15, 0.2) is 18.2 Å². The van der Waals surface area contributed by atoms with Crippen molar-refractivity contribution < 1.29 is 5.11 Å². The first-order valence-electron chi connectivity index (χ1n) is 8.61. The molecule has 2 N–H and O–H groups in total. The van der Waals surface area contributed by atoms with Gasteiger partial charge >= 0.3 is 0 Å². The topological polar surface area (TPSA) is 32.3 Å². The van der Waals surface area contributed by atoms with Crippen molar-refractivity contribution in [2.24, 2.45) is 0 Å². The van der Waals surface area contributed by atoms with Crippen LogP contribution in [0.5, 0.6) is 0 Å². The van der Waals surface area contributed by atoms with Gasteiger partial charge in [-0.2, -0.15) is 0 Å². The van der Waals surface area contributed by atoms with Gasteiger partial charge in [-0.1, -0.05) is 59.7 Å². The monoisotopic (exact) mass is 305 g/mol. The Morgan fingerprint density at radius 2 is 1.36 bits per heavy atom. The lowest BCUT2D eigenvalue weighted by Crippen LogP contribution is -2.19. The minimum Gasteiger partial charge on any atom is -0.396 e. The quantitative estimate of drug-likeness (QED) is 0.725. The minimum atomic E-state index is 0.178. The molecule has 0 saturated carbocycles. The second kappa shape index (κ2) is 8.12. The molecule has 0 fully saturated rings. The van der Waals surface area contributed by atoms with Crippen molar-refractivity contribution in [2.45, 2.75) is 78.2 Å². The fourth-order valence-electron chi connectivity index (χ4n) is 2.43.